The molecule has 1 unspecified atom stereocenters. The molecule has 0 fully saturated rings. The second kappa shape index (κ2) is 16.4. The van der Waals surface area contributed by atoms with Crippen LogP contribution in [0.3, 0.4) is 0 Å². The molecule has 1 N–H and O–H groups in total. The van der Waals surface area contributed by atoms with E-state index in [0.29, 0.717) is 6.42 Å². The van der Waals surface area contributed by atoms with E-state index in [0.717, 1.165) is 19.3 Å². The minimum absolute atomic E-state index is 0. The van der Waals surface area contributed by atoms with Crippen LogP contribution < -0.4 is 51.4 Å². The van der Waals surface area contributed by atoms with E-state index < -0.39 is 15.4 Å². The van der Waals surface area contributed by atoms with E-state index in [1.54, 1.807) is 0 Å². The van der Waals surface area contributed by atoms with E-state index in [2.05, 4.69) is 6.92 Å². The van der Waals surface area contributed by atoms with Gasteiger partial charge in [0, 0.05) is 6.61 Å². The van der Waals surface area contributed by atoms with Gasteiger partial charge in [0.2, 0.25) is 0 Å². The van der Waals surface area contributed by atoms with E-state index >= 15 is 0 Å². The molecule has 0 aromatic carbocycles. The SMILES string of the molecule is CCCCCCCCCCCCC(CCO)S(=O)(=O)[O-].[K+]. The Morgan fingerprint density at radius 3 is 1.67 bits per heavy atom. The van der Waals surface area contributed by atoms with Crippen LogP contribution in [-0.2, 0) is 10.1 Å². The molecular formula is C15H31KO4S. The smallest absolute Gasteiger partial charge is 0.748 e. The van der Waals surface area contributed by atoms with Crippen molar-refractivity contribution in [1.82, 2.24) is 0 Å². The Morgan fingerprint density at radius 2 is 1.29 bits per heavy atom. The molecule has 0 rings (SSSR count). The van der Waals surface area contributed by atoms with E-state index in [-0.39, 0.29) is 64.4 Å². The Labute approximate surface area is 173 Å². The molecule has 0 saturated carbocycles. The van der Waals surface area contributed by atoms with Crippen LogP contribution in [0.15, 0.2) is 0 Å². The summed E-state index contributed by atoms with van der Waals surface area (Å²) in [5.41, 5.74) is 0. The minimum atomic E-state index is -4.25. The van der Waals surface area contributed by atoms with Gasteiger partial charge in [-0.3, -0.25) is 0 Å². The van der Waals surface area contributed by atoms with Crippen molar-refractivity contribution in [3.05, 3.63) is 0 Å². The van der Waals surface area contributed by atoms with Crippen molar-refractivity contribution in [2.24, 2.45) is 0 Å². The Hall–Kier alpha value is 1.51. The number of hydrogen-bond donors (Lipinski definition) is 1. The fraction of sp³-hybridized carbons (Fsp3) is 1.00. The van der Waals surface area contributed by atoms with Gasteiger partial charge in [-0.15, -0.1) is 0 Å². The van der Waals surface area contributed by atoms with Crippen molar-refractivity contribution in [3.8, 4) is 0 Å². The van der Waals surface area contributed by atoms with E-state index in [1.807, 2.05) is 0 Å². The van der Waals surface area contributed by atoms with Crippen LogP contribution in [0.4, 0.5) is 0 Å². The van der Waals surface area contributed by atoms with Crippen molar-refractivity contribution in [1.29, 1.82) is 0 Å². The maximum Gasteiger partial charge on any atom is 1.00 e. The molecule has 0 amide bonds. The van der Waals surface area contributed by atoms with Crippen LogP contribution in [0.2, 0.25) is 0 Å². The number of aliphatic hydroxyl groups is 1. The second-order valence-corrected chi connectivity index (χ2v) is 7.25. The van der Waals surface area contributed by atoms with Crippen LogP contribution >= 0.6 is 0 Å². The predicted octanol–water partition coefficient (Wildman–Crippen LogP) is 0.598. The first kappa shape index (κ1) is 24.8. The van der Waals surface area contributed by atoms with E-state index in [1.165, 1.54) is 44.9 Å². The molecule has 122 valence electrons. The molecule has 0 aromatic heterocycles. The molecule has 21 heavy (non-hydrogen) atoms. The van der Waals surface area contributed by atoms with Gasteiger partial charge in [0.25, 0.3) is 0 Å². The van der Waals surface area contributed by atoms with Gasteiger partial charge >= 0.3 is 51.4 Å². The third-order valence-electron chi connectivity index (χ3n) is 3.74. The average molecular weight is 347 g/mol. The molecule has 0 bridgehead atoms. The first-order valence-electron chi connectivity index (χ1n) is 8.08. The van der Waals surface area contributed by atoms with Crippen molar-refractivity contribution in [2.45, 2.75) is 89.2 Å². The summed E-state index contributed by atoms with van der Waals surface area (Å²) in [7, 11) is -4.25. The summed E-state index contributed by atoms with van der Waals surface area (Å²) in [5, 5.41) is 7.86. The Bertz CT molecular complexity index is 307. The van der Waals surface area contributed by atoms with Gasteiger partial charge in [0.15, 0.2) is 0 Å². The van der Waals surface area contributed by atoms with E-state index in [4.69, 9.17) is 5.11 Å². The zero-order valence-electron chi connectivity index (χ0n) is 13.8. The topological polar surface area (TPSA) is 77.4 Å². The molecule has 0 radical (unpaired) electrons. The quantitative estimate of drug-likeness (QED) is 0.284. The standard InChI is InChI=1S/C15H32O4S.K/c1-2-3-4-5-6-7-8-9-10-11-12-15(13-14-16)20(17,18)19;/h15-16H,2-14H2,1H3,(H,17,18,19);/q;+1/p-1. The van der Waals surface area contributed by atoms with Crippen molar-refractivity contribution >= 4 is 10.1 Å². The molecule has 0 saturated heterocycles. The summed E-state index contributed by atoms with van der Waals surface area (Å²) >= 11 is 0. The zero-order chi connectivity index (χ0) is 15.3. The first-order chi connectivity index (χ1) is 9.52. The van der Waals surface area contributed by atoms with Crippen LogP contribution in [-0.4, -0.2) is 29.9 Å². The maximum absolute atomic E-state index is 10.9. The van der Waals surface area contributed by atoms with Crippen molar-refractivity contribution in [2.75, 3.05) is 6.61 Å². The Kier molecular flexibility index (Phi) is 19.3. The van der Waals surface area contributed by atoms with Crippen LogP contribution in [0.1, 0.15) is 84.0 Å². The third-order valence-corrected chi connectivity index (χ3v) is 5.03. The zero-order valence-corrected chi connectivity index (χ0v) is 17.8. The van der Waals surface area contributed by atoms with Gasteiger partial charge in [-0.2, -0.15) is 0 Å². The molecule has 0 aliphatic rings. The van der Waals surface area contributed by atoms with Crippen LogP contribution in [0, 0.1) is 0 Å². The Balaban J connectivity index is 0. The number of aliphatic hydroxyl groups excluding tert-OH is 1. The van der Waals surface area contributed by atoms with Gasteiger partial charge in [0.05, 0.1) is 15.4 Å². The molecule has 4 nitrogen and oxygen atoms in total. The number of hydrogen-bond acceptors (Lipinski definition) is 4. The van der Waals surface area contributed by atoms with Gasteiger partial charge in [0.1, 0.15) is 0 Å². The summed E-state index contributed by atoms with van der Waals surface area (Å²) in [4.78, 5) is 0. The second-order valence-electron chi connectivity index (χ2n) is 5.60. The van der Waals surface area contributed by atoms with Gasteiger partial charge in [-0.05, 0) is 12.8 Å². The van der Waals surface area contributed by atoms with Gasteiger partial charge in [-0.1, -0.05) is 71.1 Å². The van der Waals surface area contributed by atoms with Crippen LogP contribution in [0.25, 0.3) is 0 Å². The Morgan fingerprint density at radius 1 is 0.857 bits per heavy atom. The van der Waals surface area contributed by atoms with E-state index in [9.17, 15) is 13.0 Å². The molecule has 0 aromatic rings. The molecule has 0 aliphatic carbocycles. The molecule has 0 aliphatic heterocycles. The summed E-state index contributed by atoms with van der Waals surface area (Å²) in [6, 6.07) is 0. The van der Waals surface area contributed by atoms with Crippen molar-refractivity contribution in [3.63, 3.8) is 0 Å². The minimum Gasteiger partial charge on any atom is -0.748 e. The third kappa shape index (κ3) is 16.2. The fourth-order valence-corrected chi connectivity index (χ4v) is 3.29. The number of rotatable bonds is 14. The van der Waals surface area contributed by atoms with Crippen molar-refractivity contribution < 1.29 is 69.5 Å². The maximum atomic E-state index is 10.9. The molecule has 1 atom stereocenters. The summed E-state index contributed by atoms with van der Waals surface area (Å²) < 4.78 is 32.8. The monoisotopic (exact) mass is 346 g/mol. The fourth-order valence-electron chi connectivity index (χ4n) is 2.44. The summed E-state index contributed by atoms with van der Waals surface area (Å²) in [6.07, 6.45) is 12.3. The molecular weight excluding hydrogens is 315 g/mol. The summed E-state index contributed by atoms with van der Waals surface area (Å²) in [5.74, 6) is 0. The largest absolute Gasteiger partial charge is 1.00 e. The normalized spacial score (nSPS) is 12.9. The summed E-state index contributed by atoms with van der Waals surface area (Å²) in [6.45, 7) is 1.98. The van der Waals surface area contributed by atoms with Gasteiger partial charge in [-0.25, -0.2) is 8.42 Å². The number of unbranched alkanes of at least 4 members (excludes halogenated alkanes) is 9. The van der Waals surface area contributed by atoms with Gasteiger partial charge < -0.3 is 9.66 Å². The van der Waals surface area contributed by atoms with Crippen LogP contribution in [0.5, 0.6) is 0 Å². The first-order valence-corrected chi connectivity index (χ1v) is 9.55. The molecule has 0 spiro atoms. The predicted molar refractivity (Wildman–Crippen MR) is 81.6 cm³/mol. The molecule has 0 heterocycles. The molecule has 6 heteroatoms. The average Bonchev–Trinajstić information content (AvgIpc) is 2.38.